The van der Waals surface area contributed by atoms with Crippen LogP contribution in [0.4, 0.5) is 8.78 Å². The minimum absolute atomic E-state index is 0.0219. The monoisotopic (exact) mass is 224 g/mol. The molecule has 84 valence electrons. The average molecular weight is 224 g/mol. The second-order valence-electron chi connectivity index (χ2n) is 3.68. The van der Waals surface area contributed by atoms with Crippen LogP contribution in [-0.2, 0) is 0 Å². The fraction of sp³-hybridized carbons (Fsp3) is 0.300. The van der Waals surface area contributed by atoms with E-state index in [1.807, 2.05) is 13.8 Å². The summed E-state index contributed by atoms with van der Waals surface area (Å²) in [7, 11) is 0. The van der Waals surface area contributed by atoms with Gasteiger partial charge in [-0.15, -0.1) is 5.10 Å². The number of rotatable bonds is 2. The van der Waals surface area contributed by atoms with Gasteiger partial charge in [0.25, 0.3) is 0 Å². The standard InChI is InChI=1S/C10H10F2N4/c1-6(2)10-13-14-15-16(10)8-5-3-4-7(11)9(8)12/h3-6H,1-2H3. The summed E-state index contributed by atoms with van der Waals surface area (Å²) < 4.78 is 27.8. The van der Waals surface area contributed by atoms with Gasteiger partial charge in [-0.2, -0.15) is 4.68 Å². The van der Waals surface area contributed by atoms with Gasteiger partial charge in [-0.1, -0.05) is 19.9 Å². The molecule has 0 aliphatic heterocycles. The van der Waals surface area contributed by atoms with Crippen LogP contribution >= 0.6 is 0 Å². The Balaban J connectivity index is 2.59. The second-order valence-corrected chi connectivity index (χ2v) is 3.68. The molecule has 4 nitrogen and oxygen atoms in total. The summed E-state index contributed by atoms with van der Waals surface area (Å²) >= 11 is 0. The van der Waals surface area contributed by atoms with Gasteiger partial charge in [0.1, 0.15) is 5.69 Å². The van der Waals surface area contributed by atoms with Gasteiger partial charge in [-0.05, 0) is 22.6 Å². The van der Waals surface area contributed by atoms with Gasteiger partial charge in [0.15, 0.2) is 17.5 Å². The maximum absolute atomic E-state index is 13.5. The van der Waals surface area contributed by atoms with Gasteiger partial charge < -0.3 is 0 Å². The molecule has 0 spiro atoms. The summed E-state index contributed by atoms with van der Waals surface area (Å²) in [6.45, 7) is 3.75. The third-order valence-corrected chi connectivity index (χ3v) is 2.17. The van der Waals surface area contributed by atoms with Gasteiger partial charge in [0.05, 0.1) is 0 Å². The number of hydrogen-bond donors (Lipinski definition) is 0. The highest BCUT2D eigenvalue weighted by atomic mass is 19.2. The van der Waals surface area contributed by atoms with E-state index < -0.39 is 11.6 Å². The highest BCUT2D eigenvalue weighted by Gasteiger charge is 2.16. The van der Waals surface area contributed by atoms with Crippen molar-refractivity contribution in [1.29, 1.82) is 0 Å². The van der Waals surface area contributed by atoms with Crippen LogP contribution in [0.25, 0.3) is 5.69 Å². The molecule has 16 heavy (non-hydrogen) atoms. The number of tetrazole rings is 1. The van der Waals surface area contributed by atoms with Crippen molar-refractivity contribution in [3.63, 3.8) is 0 Å². The third kappa shape index (κ3) is 1.66. The Morgan fingerprint density at radius 2 is 2.00 bits per heavy atom. The van der Waals surface area contributed by atoms with Crippen molar-refractivity contribution >= 4 is 0 Å². The zero-order chi connectivity index (χ0) is 11.7. The predicted molar refractivity (Wildman–Crippen MR) is 53.2 cm³/mol. The molecule has 0 unspecified atom stereocenters. The lowest BCUT2D eigenvalue weighted by atomic mass is 10.2. The van der Waals surface area contributed by atoms with Crippen LogP contribution in [0.1, 0.15) is 25.6 Å². The van der Waals surface area contributed by atoms with Crippen molar-refractivity contribution in [2.24, 2.45) is 0 Å². The number of hydrogen-bond acceptors (Lipinski definition) is 3. The SMILES string of the molecule is CC(C)c1nnnn1-c1cccc(F)c1F. The molecule has 2 aromatic rings. The Hall–Kier alpha value is -1.85. The van der Waals surface area contributed by atoms with Crippen LogP contribution < -0.4 is 0 Å². The van der Waals surface area contributed by atoms with Crippen LogP contribution in [-0.4, -0.2) is 20.2 Å². The third-order valence-electron chi connectivity index (χ3n) is 2.17. The van der Waals surface area contributed by atoms with E-state index in [0.29, 0.717) is 5.82 Å². The summed E-state index contributed by atoms with van der Waals surface area (Å²) in [6, 6.07) is 3.90. The molecule has 0 atom stereocenters. The van der Waals surface area contributed by atoms with Crippen molar-refractivity contribution in [2.75, 3.05) is 0 Å². The Labute approximate surface area is 90.9 Å². The Bertz CT molecular complexity index is 507. The van der Waals surface area contributed by atoms with Crippen LogP contribution in [0.3, 0.4) is 0 Å². The minimum Gasteiger partial charge on any atom is -0.204 e. The van der Waals surface area contributed by atoms with Gasteiger partial charge in [0, 0.05) is 5.92 Å². The zero-order valence-electron chi connectivity index (χ0n) is 8.85. The molecule has 0 N–H and O–H groups in total. The predicted octanol–water partition coefficient (Wildman–Crippen LogP) is 2.06. The molecule has 1 aromatic heterocycles. The van der Waals surface area contributed by atoms with Gasteiger partial charge in [0.2, 0.25) is 0 Å². The van der Waals surface area contributed by atoms with E-state index in [9.17, 15) is 8.78 Å². The number of nitrogens with zero attached hydrogens (tertiary/aromatic N) is 4. The maximum atomic E-state index is 13.5. The molecule has 0 saturated carbocycles. The summed E-state index contributed by atoms with van der Waals surface area (Å²) in [5.41, 5.74) is 0.0219. The maximum Gasteiger partial charge on any atom is 0.184 e. The van der Waals surface area contributed by atoms with Crippen molar-refractivity contribution < 1.29 is 8.78 Å². The number of benzene rings is 1. The molecule has 0 aliphatic carbocycles. The number of halogens is 2. The first-order valence-corrected chi connectivity index (χ1v) is 4.84. The van der Waals surface area contributed by atoms with Gasteiger partial charge in [-0.25, -0.2) is 8.78 Å². The fourth-order valence-electron chi connectivity index (χ4n) is 1.38. The molecule has 1 aromatic carbocycles. The number of aromatic nitrogens is 4. The quantitative estimate of drug-likeness (QED) is 0.784. The van der Waals surface area contributed by atoms with Crippen molar-refractivity contribution in [3.8, 4) is 5.69 Å². The molecule has 0 aliphatic rings. The molecule has 0 amide bonds. The summed E-state index contributed by atoms with van der Waals surface area (Å²) in [5, 5.41) is 10.9. The van der Waals surface area contributed by atoms with Gasteiger partial charge in [-0.3, -0.25) is 0 Å². The first kappa shape index (κ1) is 10.7. The zero-order valence-corrected chi connectivity index (χ0v) is 8.85. The Morgan fingerprint density at radius 3 is 2.69 bits per heavy atom. The van der Waals surface area contributed by atoms with E-state index >= 15 is 0 Å². The molecule has 0 fully saturated rings. The largest absolute Gasteiger partial charge is 0.204 e. The van der Waals surface area contributed by atoms with E-state index in [1.165, 1.54) is 16.8 Å². The first-order valence-electron chi connectivity index (χ1n) is 4.84. The lowest BCUT2D eigenvalue weighted by Gasteiger charge is -2.07. The Kier molecular flexibility index (Phi) is 2.64. The molecule has 0 radical (unpaired) electrons. The minimum atomic E-state index is -0.948. The van der Waals surface area contributed by atoms with E-state index in [0.717, 1.165) is 6.07 Å². The van der Waals surface area contributed by atoms with Crippen LogP contribution in [0.2, 0.25) is 0 Å². The van der Waals surface area contributed by atoms with Gasteiger partial charge >= 0.3 is 0 Å². The summed E-state index contributed by atoms with van der Waals surface area (Å²) in [5.74, 6) is -1.35. The van der Waals surface area contributed by atoms with E-state index in [4.69, 9.17) is 0 Å². The normalized spacial score (nSPS) is 11.1. The second kappa shape index (κ2) is 3.96. The average Bonchev–Trinajstić information content (AvgIpc) is 2.70. The Morgan fingerprint density at radius 1 is 1.25 bits per heavy atom. The fourth-order valence-corrected chi connectivity index (χ4v) is 1.38. The molecular formula is C10H10F2N4. The van der Waals surface area contributed by atoms with Crippen molar-refractivity contribution in [3.05, 3.63) is 35.7 Å². The molecule has 1 heterocycles. The smallest absolute Gasteiger partial charge is 0.184 e. The molecule has 0 saturated heterocycles. The van der Waals surface area contributed by atoms with Crippen LogP contribution in [0.15, 0.2) is 18.2 Å². The van der Waals surface area contributed by atoms with Crippen molar-refractivity contribution in [1.82, 2.24) is 20.2 Å². The summed E-state index contributed by atoms with van der Waals surface area (Å²) in [6.07, 6.45) is 0. The molecule has 0 bridgehead atoms. The topological polar surface area (TPSA) is 43.6 Å². The molecule has 6 heteroatoms. The lowest BCUT2D eigenvalue weighted by Crippen LogP contribution is -2.07. The molecule has 2 rings (SSSR count). The van der Waals surface area contributed by atoms with E-state index in [2.05, 4.69) is 15.5 Å². The van der Waals surface area contributed by atoms with Crippen LogP contribution in [0.5, 0.6) is 0 Å². The summed E-state index contributed by atoms with van der Waals surface area (Å²) in [4.78, 5) is 0. The van der Waals surface area contributed by atoms with Crippen molar-refractivity contribution in [2.45, 2.75) is 19.8 Å². The van der Waals surface area contributed by atoms with E-state index in [-0.39, 0.29) is 11.6 Å². The van der Waals surface area contributed by atoms with E-state index in [1.54, 1.807) is 0 Å². The van der Waals surface area contributed by atoms with Crippen LogP contribution in [0, 0.1) is 11.6 Å². The highest BCUT2D eigenvalue weighted by Crippen LogP contribution is 2.19. The first-order chi connectivity index (χ1) is 7.61. The lowest BCUT2D eigenvalue weighted by molar-refractivity contribution is 0.498. The molecular weight excluding hydrogens is 214 g/mol. The highest BCUT2D eigenvalue weighted by molar-refractivity contribution is 5.33.